The molecule has 4 heteroatoms. The number of phenols is 1. The van der Waals surface area contributed by atoms with E-state index in [2.05, 4.69) is 6.92 Å². The van der Waals surface area contributed by atoms with E-state index in [4.69, 9.17) is 0 Å². The Kier molecular flexibility index (Phi) is 4.03. The summed E-state index contributed by atoms with van der Waals surface area (Å²) in [5, 5.41) is 9.67. The van der Waals surface area contributed by atoms with Gasteiger partial charge in [0.15, 0.2) is 0 Å². The fourth-order valence-electron chi connectivity index (χ4n) is 1.93. The topological polar surface area (TPSA) is 40.5 Å². The van der Waals surface area contributed by atoms with Crippen molar-refractivity contribution in [3.05, 3.63) is 59.4 Å². The molecular weight excluding hydrogens is 257 g/mol. The van der Waals surface area contributed by atoms with Crippen LogP contribution in [0.25, 0.3) is 0 Å². The van der Waals surface area contributed by atoms with Crippen LogP contribution < -0.4 is 4.90 Å². The van der Waals surface area contributed by atoms with Crippen molar-refractivity contribution in [3.63, 3.8) is 0 Å². The number of benzene rings is 2. The van der Waals surface area contributed by atoms with Gasteiger partial charge in [-0.3, -0.25) is 4.79 Å². The van der Waals surface area contributed by atoms with Crippen molar-refractivity contribution < 1.29 is 14.3 Å². The summed E-state index contributed by atoms with van der Waals surface area (Å²) in [6.45, 7) is 2.05. The van der Waals surface area contributed by atoms with Crippen LogP contribution >= 0.6 is 0 Å². The Balaban J connectivity index is 2.29. The van der Waals surface area contributed by atoms with Gasteiger partial charge in [0, 0.05) is 12.7 Å². The number of nitrogens with zero attached hydrogens (tertiary/aromatic N) is 1. The molecule has 0 aliphatic carbocycles. The van der Waals surface area contributed by atoms with E-state index >= 15 is 0 Å². The van der Waals surface area contributed by atoms with Gasteiger partial charge in [0.05, 0.1) is 5.56 Å². The standard InChI is InChI=1S/C16H16FNO2/c1-3-11-4-7-13(8-5-11)18(2)16(20)14-10-12(17)6-9-15(14)19/h4-10,19H,3H2,1-2H3. The fourth-order valence-corrected chi connectivity index (χ4v) is 1.93. The van der Waals surface area contributed by atoms with Crippen molar-refractivity contribution in [1.29, 1.82) is 0 Å². The van der Waals surface area contributed by atoms with E-state index in [1.54, 1.807) is 7.05 Å². The van der Waals surface area contributed by atoms with E-state index < -0.39 is 11.7 Å². The second kappa shape index (κ2) is 5.74. The SMILES string of the molecule is CCc1ccc(N(C)C(=O)c2cc(F)ccc2O)cc1. The molecule has 0 spiro atoms. The minimum atomic E-state index is -0.555. The first kappa shape index (κ1) is 14.1. The van der Waals surface area contributed by atoms with E-state index in [0.717, 1.165) is 18.6 Å². The summed E-state index contributed by atoms with van der Waals surface area (Å²) in [7, 11) is 1.59. The summed E-state index contributed by atoms with van der Waals surface area (Å²) in [5.41, 5.74) is 1.81. The number of hydrogen-bond acceptors (Lipinski definition) is 2. The van der Waals surface area contributed by atoms with Crippen LogP contribution in [0.15, 0.2) is 42.5 Å². The maximum Gasteiger partial charge on any atom is 0.261 e. The van der Waals surface area contributed by atoms with E-state index in [9.17, 15) is 14.3 Å². The summed E-state index contributed by atoms with van der Waals surface area (Å²) in [4.78, 5) is 13.7. The van der Waals surface area contributed by atoms with Crippen molar-refractivity contribution in [3.8, 4) is 5.75 Å². The predicted molar refractivity (Wildman–Crippen MR) is 76.6 cm³/mol. The number of carbonyl (C=O) groups is 1. The van der Waals surface area contributed by atoms with E-state index in [-0.39, 0.29) is 11.3 Å². The lowest BCUT2D eigenvalue weighted by molar-refractivity contribution is 0.0990. The zero-order valence-corrected chi connectivity index (χ0v) is 11.4. The molecule has 0 radical (unpaired) electrons. The Morgan fingerprint density at radius 1 is 1.20 bits per heavy atom. The third kappa shape index (κ3) is 2.79. The molecular formula is C16H16FNO2. The van der Waals surface area contributed by atoms with Gasteiger partial charge in [-0.2, -0.15) is 0 Å². The molecule has 0 fully saturated rings. The molecule has 0 heterocycles. The van der Waals surface area contributed by atoms with Crippen LogP contribution in [0.5, 0.6) is 5.75 Å². The van der Waals surface area contributed by atoms with Gasteiger partial charge >= 0.3 is 0 Å². The highest BCUT2D eigenvalue weighted by Crippen LogP contribution is 2.22. The smallest absolute Gasteiger partial charge is 0.261 e. The quantitative estimate of drug-likeness (QED) is 0.931. The second-order valence-corrected chi connectivity index (χ2v) is 4.55. The Bertz CT molecular complexity index is 623. The molecule has 2 aromatic carbocycles. The zero-order valence-electron chi connectivity index (χ0n) is 11.4. The summed E-state index contributed by atoms with van der Waals surface area (Å²) in [6.07, 6.45) is 0.919. The molecule has 1 N–H and O–H groups in total. The van der Waals surface area contributed by atoms with Crippen LogP contribution in [-0.2, 0) is 6.42 Å². The predicted octanol–water partition coefficient (Wildman–Crippen LogP) is 3.37. The molecule has 2 rings (SSSR count). The van der Waals surface area contributed by atoms with Gasteiger partial charge < -0.3 is 10.0 Å². The van der Waals surface area contributed by atoms with Gasteiger partial charge in [-0.25, -0.2) is 4.39 Å². The van der Waals surface area contributed by atoms with Gasteiger partial charge in [-0.05, 0) is 42.3 Å². The van der Waals surface area contributed by atoms with Crippen LogP contribution in [0.3, 0.4) is 0 Å². The first-order chi connectivity index (χ1) is 9.52. The molecule has 0 aliphatic heterocycles. The monoisotopic (exact) mass is 273 g/mol. The van der Waals surface area contributed by atoms with Crippen LogP contribution in [-0.4, -0.2) is 18.1 Å². The first-order valence-corrected chi connectivity index (χ1v) is 6.38. The molecule has 0 aromatic heterocycles. The number of hydrogen-bond donors (Lipinski definition) is 1. The van der Waals surface area contributed by atoms with Crippen LogP contribution in [0.1, 0.15) is 22.8 Å². The largest absolute Gasteiger partial charge is 0.507 e. The number of aryl methyl sites for hydroxylation is 1. The van der Waals surface area contributed by atoms with Gasteiger partial charge in [0.25, 0.3) is 5.91 Å². The molecule has 0 aliphatic rings. The van der Waals surface area contributed by atoms with Crippen molar-refractivity contribution in [2.45, 2.75) is 13.3 Å². The van der Waals surface area contributed by atoms with Gasteiger partial charge in [-0.15, -0.1) is 0 Å². The van der Waals surface area contributed by atoms with Gasteiger partial charge in [0.1, 0.15) is 11.6 Å². The summed E-state index contributed by atoms with van der Waals surface area (Å²) in [6, 6.07) is 10.8. The van der Waals surface area contributed by atoms with Crippen molar-refractivity contribution in [1.82, 2.24) is 0 Å². The third-order valence-corrected chi connectivity index (χ3v) is 3.23. The highest BCUT2D eigenvalue weighted by Gasteiger charge is 2.17. The highest BCUT2D eigenvalue weighted by molar-refractivity contribution is 6.07. The van der Waals surface area contributed by atoms with E-state index in [1.807, 2.05) is 24.3 Å². The van der Waals surface area contributed by atoms with Crippen LogP contribution in [0, 0.1) is 5.82 Å². The number of rotatable bonds is 3. The molecule has 0 saturated carbocycles. The molecule has 0 unspecified atom stereocenters. The van der Waals surface area contributed by atoms with Crippen LogP contribution in [0.2, 0.25) is 0 Å². The van der Waals surface area contributed by atoms with Crippen molar-refractivity contribution in [2.75, 3.05) is 11.9 Å². The molecule has 104 valence electrons. The molecule has 2 aromatic rings. The average Bonchev–Trinajstić information content (AvgIpc) is 2.48. The number of halogens is 1. The lowest BCUT2D eigenvalue weighted by atomic mass is 10.1. The molecule has 20 heavy (non-hydrogen) atoms. The molecule has 1 amide bonds. The lowest BCUT2D eigenvalue weighted by Crippen LogP contribution is -2.26. The van der Waals surface area contributed by atoms with Crippen molar-refractivity contribution >= 4 is 11.6 Å². The maximum atomic E-state index is 13.2. The van der Waals surface area contributed by atoms with Crippen molar-refractivity contribution in [2.24, 2.45) is 0 Å². The minimum absolute atomic E-state index is 0.0490. The molecule has 0 saturated heterocycles. The Morgan fingerprint density at radius 2 is 1.85 bits per heavy atom. The normalized spacial score (nSPS) is 10.3. The second-order valence-electron chi connectivity index (χ2n) is 4.55. The molecule has 3 nitrogen and oxygen atoms in total. The highest BCUT2D eigenvalue weighted by atomic mass is 19.1. The number of phenolic OH excluding ortho intramolecular Hbond substituents is 1. The minimum Gasteiger partial charge on any atom is -0.507 e. The Labute approximate surface area is 117 Å². The maximum absolute atomic E-state index is 13.2. The average molecular weight is 273 g/mol. The first-order valence-electron chi connectivity index (χ1n) is 6.38. The third-order valence-electron chi connectivity index (χ3n) is 3.23. The number of amides is 1. The summed E-state index contributed by atoms with van der Waals surface area (Å²) in [5.74, 6) is -1.24. The summed E-state index contributed by atoms with van der Waals surface area (Å²) >= 11 is 0. The molecule has 0 atom stereocenters. The van der Waals surface area contributed by atoms with Crippen LogP contribution in [0.4, 0.5) is 10.1 Å². The lowest BCUT2D eigenvalue weighted by Gasteiger charge is -2.18. The summed E-state index contributed by atoms with van der Waals surface area (Å²) < 4.78 is 13.2. The number of anilines is 1. The van der Waals surface area contributed by atoms with Gasteiger partial charge in [0.2, 0.25) is 0 Å². The van der Waals surface area contributed by atoms with E-state index in [0.29, 0.717) is 5.69 Å². The number of carbonyl (C=O) groups excluding carboxylic acids is 1. The Morgan fingerprint density at radius 3 is 2.45 bits per heavy atom. The van der Waals surface area contributed by atoms with E-state index in [1.165, 1.54) is 16.5 Å². The fraction of sp³-hybridized carbons (Fsp3) is 0.188. The number of aromatic hydroxyl groups is 1. The Hall–Kier alpha value is -2.36. The zero-order chi connectivity index (χ0) is 14.7. The molecule has 0 bridgehead atoms. The van der Waals surface area contributed by atoms with Gasteiger partial charge in [-0.1, -0.05) is 19.1 Å².